The Balaban J connectivity index is 2.93. The van der Waals surface area contributed by atoms with E-state index in [1.807, 2.05) is 6.07 Å². The fourth-order valence-electron chi connectivity index (χ4n) is 2.20. The van der Waals surface area contributed by atoms with Crippen LogP contribution in [0.3, 0.4) is 0 Å². The molecule has 0 fully saturated rings. The SMILES string of the molecule is CC(C)(C)c1cc(C(C)(C)C)c2oc(=O)c(F)cc2c1. The molecule has 0 saturated heterocycles. The molecular formula is C17H21FO2. The molecule has 0 radical (unpaired) electrons. The second-order valence-electron chi connectivity index (χ2n) is 7.32. The highest BCUT2D eigenvalue weighted by molar-refractivity contribution is 5.82. The molecule has 0 saturated carbocycles. The molecule has 1 heterocycles. The minimum absolute atomic E-state index is 0.0548. The lowest BCUT2D eigenvalue weighted by Gasteiger charge is -2.25. The van der Waals surface area contributed by atoms with Gasteiger partial charge in [-0.2, -0.15) is 4.39 Å². The van der Waals surface area contributed by atoms with Gasteiger partial charge in [0, 0.05) is 10.9 Å². The van der Waals surface area contributed by atoms with Gasteiger partial charge in [0.2, 0.25) is 5.82 Å². The summed E-state index contributed by atoms with van der Waals surface area (Å²) in [5, 5.41) is 0.638. The first-order valence-corrected chi connectivity index (χ1v) is 6.78. The third-order valence-electron chi connectivity index (χ3n) is 3.46. The van der Waals surface area contributed by atoms with Crippen molar-refractivity contribution < 1.29 is 8.81 Å². The Bertz CT molecular complexity index is 713. The number of benzene rings is 1. The van der Waals surface area contributed by atoms with Gasteiger partial charge in [-0.3, -0.25) is 0 Å². The van der Waals surface area contributed by atoms with E-state index in [1.54, 1.807) is 0 Å². The summed E-state index contributed by atoms with van der Waals surface area (Å²) in [6.07, 6.45) is 0. The number of hydrogen-bond donors (Lipinski definition) is 0. The topological polar surface area (TPSA) is 30.2 Å². The Morgan fingerprint density at radius 2 is 1.55 bits per heavy atom. The van der Waals surface area contributed by atoms with Crippen LogP contribution in [0, 0.1) is 5.82 Å². The van der Waals surface area contributed by atoms with Crippen molar-refractivity contribution >= 4 is 11.0 Å². The molecule has 0 aliphatic heterocycles. The predicted octanol–water partition coefficient (Wildman–Crippen LogP) is 4.53. The maximum atomic E-state index is 13.5. The molecule has 3 heteroatoms. The maximum absolute atomic E-state index is 13.5. The first-order chi connectivity index (χ1) is 9.00. The molecule has 0 bridgehead atoms. The first kappa shape index (κ1) is 14.8. The van der Waals surface area contributed by atoms with Gasteiger partial charge >= 0.3 is 5.63 Å². The van der Waals surface area contributed by atoms with E-state index in [-0.39, 0.29) is 10.8 Å². The smallest absolute Gasteiger partial charge is 0.372 e. The van der Waals surface area contributed by atoms with Gasteiger partial charge in [-0.25, -0.2) is 4.79 Å². The average Bonchev–Trinajstić information content (AvgIpc) is 2.26. The van der Waals surface area contributed by atoms with Gasteiger partial charge in [0.15, 0.2) is 0 Å². The molecule has 2 aromatic rings. The molecule has 20 heavy (non-hydrogen) atoms. The van der Waals surface area contributed by atoms with E-state index in [1.165, 1.54) is 6.07 Å². The summed E-state index contributed by atoms with van der Waals surface area (Å²) in [4.78, 5) is 11.5. The van der Waals surface area contributed by atoms with Crippen molar-refractivity contribution in [2.75, 3.05) is 0 Å². The largest absolute Gasteiger partial charge is 0.420 e. The Labute approximate surface area is 118 Å². The fourth-order valence-corrected chi connectivity index (χ4v) is 2.20. The van der Waals surface area contributed by atoms with Crippen molar-refractivity contribution in [3.05, 3.63) is 45.6 Å². The van der Waals surface area contributed by atoms with Crippen molar-refractivity contribution in [3.63, 3.8) is 0 Å². The second-order valence-corrected chi connectivity index (χ2v) is 7.32. The summed E-state index contributed by atoms with van der Waals surface area (Å²) in [7, 11) is 0. The first-order valence-electron chi connectivity index (χ1n) is 6.78. The molecule has 0 atom stereocenters. The van der Waals surface area contributed by atoms with Crippen LogP contribution in [0.5, 0.6) is 0 Å². The van der Waals surface area contributed by atoms with Gasteiger partial charge in [-0.05, 0) is 28.5 Å². The van der Waals surface area contributed by atoms with Crippen LogP contribution in [0.1, 0.15) is 52.7 Å². The van der Waals surface area contributed by atoms with Gasteiger partial charge in [0.1, 0.15) is 5.58 Å². The number of hydrogen-bond acceptors (Lipinski definition) is 2. The number of rotatable bonds is 0. The molecule has 0 aliphatic rings. The van der Waals surface area contributed by atoms with E-state index in [4.69, 9.17) is 4.42 Å². The van der Waals surface area contributed by atoms with Crippen molar-refractivity contribution in [2.45, 2.75) is 52.4 Å². The second kappa shape index (κ2) is 4.44. The molecule has 0 unspecified atom stereocenters. The lowest BCUT2D eigenvalue weighted by atomic mass is 9.79. The Morgan fingerprint density at radius 3 is 2.05 bits per heavy atom. The Kier molecular flexibility index (Phi) is 3.28. The van der Waals surface area contributed by atoms with Crippen LogP contribution in [-0.2, 0) is 10.8 Å². The van der Waals surface area contributed by atoms with Crippen LogP contribution in [-0.4, -0.2) is 0 Å². The fraction of sp³-hybridized carbons (Fsp3) is 0.471. The highest BCUT2D eigenvalue weighted by Gasteiger charge is 2.24. The van der Waals surface area contributed by atoms with Gasteiger partial charge < -0.3 is 4.42 Å². The summed E-state index contributed by atoms with van der Waals surface area (Å²) in [6.45, 7) is 12.5. The quantitative estimate of drug-likeness (QED) is 0.662. The number of halogens is 1. The van der Waals surface area contributed by atoms with E-state index >= 15 is 0 Å². The summed E-state index contributed by atoms with van der Waals surface area (Å²) in [5.41, 5.74) is 1.36. The Morgan fingerprint density at radius 1 is 0.950 bits per heavy atom. The van der Waals surface area contributed by atoms with Crippen LogP contribution in [0.4, 0.5) is 4.39 Å². The van der Waals surface area contributed by atoms with E-state index in [0.29, 0.717) is 11.0 Å². The van der Waals surface area contributed by atoms with E-state index in [0.717, 1.165) is 11.1 Å². The van der Waals surface area contributed by atoms with Crippen LogP contribution in [0.2, 0.25) is 0 Å². The van der Waals surface area contributed by atoms with Crippen molar-refractivity contribution in [3.8, 4) is 0 Å². The minimum Gasteiger partial charge on any atom is -0.420 e. The normalized spacial score (nSPS) is 12.9. The lowest BCUT2D eigenvalue weighted by Crippen LogP contribution is -2.18. The zero-order valence-corrected chi connectivity index (χ0v) is 12.9. The van der Waals surface area contributed by atoms with Crippen molar-refractivity contribution in [1.82, 2.24) is 0 Å². The van der Waals surface area contributed by atoms with Gasteiger partial charge in [0.25, 0.3) is 0 Å². The summed E-state index contributed by atoms with van der Waals surface area (Å²) < 4.78 is 18.7. The monoisotopic (exact) mass is 276 g/mol. The number of fused-ring (bicyclic) bond motifs is 1. The third kappa shape index (κ3) is 2.62. The van der Waals surface area contributed by atoms with Gasteiger partial charge in [-0.15, -0.1) is 0 Å². The zero-order chi connectivity index (χ0) is 15.3. The van der Waals surface area contributed by atoms with Gasteiger partial charge in [-0.1, -0.05) is 47.6 Å². The molecule has 0 spiro atoms. The molecule has 1 aromatic heterocycles. The molecule has 1 aromatic carbocycles. The standard InChI is InChI=1S/C17H21FO2/c1-16(2,3)11-7-10-8-13(18)15(19)20-14(10)12(9-11)17(4,5)6/h7-9H,1-6H3. The molecule has 0 N–H and O–H groups in total. The summed E-state index contributed by atoms with van der Waals surface area (Å²) >= 11 is 0. The molecule has 2 nitrogen and oxygen atoms in total. The van der Waals surface area contributed by atoms with E-state index in [9.17, 15) is 9.18 Å². The Hall–Kier alpha value is -1.64. The highest BCUT2D eigenvalue weighted by Crippen LogP contribution is 2.34. The third-order valence-corrected chi connectivity index (χ3v) is 3.46. The van der Waals surface area contributed by atoms with Crippen LogP contribution >= 0.6 is 0 Å². The molecule has 108 valence electrons. The zero-order valence-electron chi connectivity index (χ0n) is 12.9. The summed E-state index contributed by atoms with van der Waals surface area (Å²) in [6, 6.07) is 5.23. The van der Waals surface area contributed by atoms with Crippen LogP contribution in [0.15, 0.2) is 27.4 Å². The van der Waals surface area contributed by atoms with Gasteiger partial charge in [0.05, 0.1) is 0 Å². The highest BCUT2D eigenvalue weighted by atomic mass is 19.1. The lowest BCUT2D eigenvalue weighted by molar-refractivity contribution is 0.475. The van der Waals surface area contributed by atoms with Crippen LogP contribution < -0.4 is 5.63 Å². The maximum Gasteiger partial charge on any atom is 0.372 e. The summed E-state index contributed by atoms with van der Waals surface area (Å²) in [5.74, 6) is -0.844. The predicted molar refractivity (Wildman–Crippen MR) is 79.8 cm³/mol. The molecular weight excluding hydrogens is 255 g/mol. The minimum atomic E-state index is -0.911. The molecule has 0 aliphatic carbocycles. The van der Waals surface area contributed by atoms with Crippen molar-refractivity contribution in [2.24, 2.45) is 0 Å². The van der Waals surface area contributed by atoms with E-state index < -0.39 is 11.4 Å². The van der Waals surface area contributed by atoms with Crippen LogP contribution in [0.25, 0.3) is 11.0 Å². The van der Waals surface area contributed by atoms with Crippen molar-refractivity contribution in [1.29, 1.82) is 0 Å². The molecule has 0 amide bonds. The average molecular weight is 276 g/mol. The molecule has 2 rings (SSSR count). The van der Waals surface area contributed by atoms with E-state index in [2.05, 4.69) is 47.6 Å².